The summed E-state index contributed by atoms with van der Waals surface area (Å²) in [6, 6.07) is 8.67. The SMILES string of the molecule is C=CCOc1ccccc1CN(CC)C(=O)Cn1ccc(=O)[nH]c1=O. The lowest BCUT2D eigenvalue weighted by Gasteiger charge is -2.22. The first-order valence-electron chi connectivity index (χ1n) is 7.94. The van der Waals surface area contributed by atoms with Crippen molar-refractivity contribution in [1.82, 2.24) is 14.5 Å². The van der Waals surface area contributed by atoms with E-state index in [-0.39, 0.29) is 12.5 Å². The van der Waals surface area contributed by atoms with Crippen molar-refractivity contribution >= 4 is 5.91 Å². The molecule has 0 aliphatic heterocycles. The van der Waals surface area contributed by atoms with Crippen molar-refractivity contribution in [3.63, 3.8) is 0 Å². The van der Waals surface area contributed by atoms with Gasteiger partial charge in [0.1, 0.15) is 18.9 Å². The minimum Gasteiger partial charge on any atom is -0.489 e. The van der Waals surface area contributed by atoms with E-state index in [4.69, 9.17) is 4.74 Å². The molecule has 2 aromatic rings. The van der Waals surface area contributed by atoms with Crippen LogP contribution in [0, 0.1) is 0 Å². The zero-order valence-corrected chi connectivity index (χ0v) is 14.1. The van der Waals surface area contributed by atoms with Gasteiger partial charge in [0, 0.05) is 30.9 Å². The molecule has 0 unspecified atom stereocenters. The molecule has 0 spiro atoms. The van der Waals surface area contributed by atoms with Gasteiger partial charge in [-0.25, -0.2) is 4.79 Å². The van der Waals surface area contributed by atoms with Crippen LogP contribution in [0.15, 0.2) is 58.8 Å². The number of rotatable bonds is 8. The van der Waals surface area contributed by atoms with E-state index in [1.165, 1.54) is 16.8 Å². The fraction of sp³-hybridized carbons (Fsp3) is 0.278. The van der Waals surface area contributed by atoms with Crippen LogP contribution in [0.1, 0.15) is 12.5 Å². The molecule has 25 heavy (non-hydrogen) atoms. The molecule has 7 heteroatoms. The van der Waals surface area contributed by atoms with Crippen molar-refractivity contribution in [3.05, 3.63) is 75.6 Å². The van der Waals surface area contributed by atoms with Crippen molar-refractivity contribution in [1.29, 1.82) is 0 Å². The summed E-state index contributed by atoms with van der Waals surface area (Å²) in [6.45, 7) is 6.57. The highest BCUT2D eigenvalue weighted by Gasteiger charge is 2.15. The molecule has 1 aromatic heterocycles. The molecule has 0 fully saturated rings. The number of ether oxygens (including phenoxy) is 1. The molecule has 0 radical (unpaired) electrons. The number of nitrogens with zero attached hydrogens (tertiary/aromatic N) is 2. The molecular formula is C18H21N3O4. The van der Waals surface area contributed by atoms with E-state index in [1.807, 2.05) is 31.2 Å². The highest BCUT2D eigenvalue weighted by atomic mass is 16.5. The van der Waals surface area contributed by atoms with Crippen molar-refractivity contribution in [2.45, 2.75) is 20.0 Å². The van der Waals surface area contributed by atoms with Gasteiger partial charge < -0.3 is 9.64 Å². The number of benzene rings is 1. The van der Waals surface area contributed by atoms with Crippen LogP contribution in [0.25, 0.3) is 0 Å². The second-order valence-electron chi connectivity index (χ2n) is 5.35. The molecule has 0 atom stereocenters. The maximum atomic E-state index is 12.5. The van der Waals surface area contributed by atoms with E-state index in [1.54, 1.807) is 11.0 Å². The van der Waals surface area contributed by atoms with Gasteiger partial charge in [-0.15, -0.1) is 0 Å². The Balaban J connectivity index is 2.14. The Hall–Kier alpha value is -3.09. The normalized spacial score (nSPS) is 10.3. The first kappa shape index (κ1) is 18.3. The molecule has 1 heterocycles. The van der Waals surface area contributed by atoms with Gasteiger partial charge in [-0.05, 0) is 13.0 Å². The summed E-state index contributed by atoms with van der Waals surface area (Å²) in [4.78, 5) is 39.1. The van der Waals surface area contributed by atoms with Crippen molar-refractivity contribution in [2.75, 3.05) is 13.2 Å². The van der Waals surface area contributed by atoms with Gasteiger partial charge >= 0.3 is 5.69 Å². The van der Waals surface area contributed by atoms with Crippen LogP contribution < -0.4 is 16.0 Å². The van der Waals surface area contributed by atoms with Crippen molar-refractivity contribution in [3.8, 4) is 5.75 Å². The third-order valence-electron chi connectivity index (χ3n) is 3.63. The van der Waals surface area contributed by atoms with Gasteiger partial charge in [-0.1, -0.05) is 30.9 Å². The molecule has 0 bridgehead atoms. The van der Waals surface area contributed by atoms with Crippen LogP contribution in [0.5, 0.6) is 5.75 Å². The highest BCUT2D eigenvalue weighted by Crippen LogP contribution is 2.20. The Morgan fingerprint density at radius 3 is 2.76 bits per heavy atom. The Bertz CT molecular complexity index is 854. The van der Waals surface area contributed by atoms with Crippen LogP contribution in [-0.4, -0.2) is 33.5 Å². The third kappa shape index (κ3) is 4.94. The average Bonchev–Trinajstić information content (AvgIpc) is 2.61. The minimum atomic E-state index is -0.605. The Morgan fingerprint density at radius 1 is 1.32 bits per heavy atom. The maximum absolute atomic E-state index is 12.5. The average molecular weight is 343 g/mol. The molecule has 0 saturated carbocycles. The van der Waals surface area contributed by atoms with Gasteiger partial charge in [0.2, 0.25) is 5.91 Å². The Labute approximate surface area is 145 Å². The summed E-state index contributed by atoms with van der Waals surface area (Å²) in [7, 11) is 0. The summed E-state index contributed by atoms with van der Waals surface area (Å²) in [5, 5.41) is 0. The van der Waals surface area contributed by atoms with E-state index < -0.39 is 11.2 Å². The fourth-order valence-corrected chi connectivity index (χ4v) is 2.32. The quantitative estimate of drug-likeness (QED) is 0.729. The minimum absolute atomic E-state index is 0.140. The van der Waals surface area contributed by atoms with Crippen LogP contribution in [0.2, 0.25) is 0 Å². The number of hydrogen-bond acceptors (Lipinski definition) is 4. The van der Waals surface area contributed by atoms with Crippen LogP contribution in [-0.2, 0) is 17.9 Å². The number of aromatic nitrogens is 2. The number of hydrogen-bond donors (Lipinski definition) is 1. The number of likely N-dealkylation sites (N-methyl/N-ethyl adjacent to an activating group) is 1. The van der Waals surface area contributed by atoms with Gasteiger partial charge in [0.05, 0.1) is 0 Å². The van der Waals surface area contributed by atoms with E-state index in [0.717, 1.165) is 5.56 Å². The molecule has 7 nitrogen and oxygen atoms in total. The Morgan fingerprint density at radius 2 is 2.08 bits per heavy atom. The summed E-state index contributed by atoms with van der Waals surface area (Å²) in [5.74, 6) is 0.463. The van der Waals surface area contributed by atoms with E-state index in [9.17, 15) is 14.4 Å². The third-order valence-corrected chi connectivity index (χ3v) is 3.63. The van der Waals surface area contributed by atoms with E-state index >= 15 is 0 Å². The van der Waals surface area contributed by atoms with Gasteiger partial charge in [-0.3, -0.25) is 19.1 Å². The second kappa shape index (κ2) is 8.68. The first-order chi connectivity index (χ1) is 12.0. The molecule has 1 N–H and O–H groups in total. The molecule has 1 amide bonds. The smallest absolute Gasteiger partial charge is 0.328 e. The van der Waals surface area contributed by atoms with Gasteiger partial charge in [0.15, 0.2) is 0 Å². The summed E-state index contributed by atoms with van der Waals surface area (Å²) in [6.07, 6.45) is 2.97. The molecular weight excluding hydrogens is 322 g/mol. The van der Waals surface area contributed by atoms with Gasteiger partial charge in [-0.2, -0.15) is 0 Å². The number of nitrogens with one attached hydrogen (secondary N) is 1. The van der Waals surface area contributed by atoms with Gasteiger partial charge in [0.25, 0.3) is 5.56 Å². The molecule has 1 aromatic carbocycles. The molecule has 0 aliphatic rings. The molecule has 132 valence electrons. The molecule has 0 aliphatic carbocycles. The van der Waals surface area contributed by atoms with Crippen molar-refractivity contribution < 1.29 is 9.53 Å². The monoisotopic (exact) mass is 343 g/mol. The molecule has 0 saturated heterocycles. The number of H-pyrrole nitrogens is 1. The lowest BCUT2D eigenvalue weighted by molar-refractivity contribution is -0.132. The standard InChI is InChI=1S/C18H21N3O4/c1-3-11-25-15-8-6-5-7-14(15)12-20(4-2)17(23)13-21-10-9-16(22)19-18(21)24/h3,5-10H,1,4,11-13H2,2H3,(H,19,22,24). The topological polar surface area (TPSA) is 84.4 Å². The summed E-state index contributed by atoms with van der Waals surface area (Å²) < 4.78 is 6.78. The summed E-state index contributed by atoms with van der Waals surface area (Å²) >= 11 is 0. The zero-order valence-electron chi connectivity index (χ0n) is 14.1. The first-order valence-corrected chi connectivity index (χ1v) is 7.94. The highest BCUT2D eigenvalue weighted by molar-refractivity contribution is 5.76. The van der Waals surface area contributed by atoms with Crippen LogP contribution in [0.4, 0.5) is 0 Å². The predicted octanol–water partition coefficient (Wildman–Crippen LogP) is 1.15. The number of para-hydroxylation sites is 1. The summed E-state index contributed by atoms with van der Waals surface area (Å²) in [5.41, 5.74) is -0.227. The number of amides is 1. The lowest BCUT2D eigenvalue weighted by atomic mass is 10.2. The zero-order chi connectivity index (χ0) is 18.2. The van der Waals surface area contributed by atoms with Crippen LogP contribution in [0.3, 0.4) is 0 Å². The number of carbonyl (C=O) groups is 1. The maximum Gasteiger partial charge on any atom is 0.328 e. The van der Waals surface area contributed by atoms with Crippen LogP contribution >= 0.6 is 0 Å². The molecule has 2 rings (SSSR count). The Kier molecular flexibility index (Phi) is 6.33. The van der Waals surface area contributed by atoms with E-state index in [2.05, 4.69) is 11.6 Å². The largest absolute Gasteiger partial charge is 0.489 e. The fourth-order valence-electron chi connectivity index (χ4n) is 2.32. The predicted molar refractivity (Wildman–Crippen MR) is 94.5 cm³/mol. The second-order valence-corrected chi connectivity index (χ2v) is 5.35. The van der Waals surface area contributed by atoms with Crippen molar-refractivity contribution in [2.24, 2.45) is 0 Å². The number of carbonyl (C=O) groups excluding carboxylic acids is 1. The lowest BCUT2D eigenvalue weighted by Crippen LogP contribution is -2.38. The van der Waals surface area contributed by atoms with E-state index in [0.29, 0.717) is 25.4 Å². The number of aromatic amines is 1.